The molecule has 0 aromatic carbocycles. The van der Waals surface area contributed by atoms with Gasteiger partial charge in [-0.15, -0.1) is 0 Å². The van der Waals surface area contributed by atoms with E-state index in [0.29, 0.717) is 5.41 Å². The van der Waals surface area contributed by atoms with Crippen molar-refractivity contribution in [3.8, 4) is 0 Å². The van der Waals surface area contributed by atoms with Gasteiger partial charge in [-0.05, 0) is 11.5 Å². The number of hydrogen-bond donors (Lipinski definition) is 0. The Labute approximate surface area is 82.3 Å². The molecule has 78 valence electrons. The molecule has 0 aliphatic carbocycles. The largest absolute Gasteiger partial charge is 0.365 e. The van der Waals surface area contributed by atoms with E-state index in [2.05, 4.69) is 37.4 Å². The van der Waals surface area contributed by atoms with Crippen LogP contribution in [0.4, 0.5) is 0 Å². The molecule has 0 unspecified atom stereocenters. The highest BCUT2D eigenvalue weighted by Crippen LogP contribution is 2.16. The van der Waals surface area contributed by atoms with E-state index in [1.54, 1.807) is 12.3 Å². The monoisotopic (exact) mass is 185 g/mol. The van der Waals surface area contributed by atoms with Crippen LogP contribution in [-0.2, 0) is 0 Å². The fraction of sp³-hybridized carbons (Fsp3) is 0.727. The lowest BCUT2D eigenvalue weighted by Crippen LogP contribution is -2.00. The first-order valence-corrected chi connectivity index (χ1v) is 4.90. The molecule has 0 fully saturated rings. The highest BCUT2D eigenvalue weighted by atomic mass is 16.5. The van der Waals surface area contributed by atoms with Crippen LogP contribution in [0.2, 0.25) is 0 Å². The lowest BCUT2D eigenvalue weighted by molar-refractivity contribution is 0.398. The summed E-state index contributed by atoms with van der Waals surface area (Å²) in [5.74, 6) is 0. The molecule has 0 N–H and O–H groups in total. The van der Waals surface area contributed by atoms with Crippen molar-refractivity contribution in [3.63, 3.8) is 0 Å². The van der Waals surface area contributed by atoms with E-state index in [-0.39, 0.29) is 0 Å². The molecule has 1 aromatic heterocycles. The van der Waals surface area contributed by atoms with Gasteiger partial charge in [-0.1, -0.05) is 53.1 Å². The van der Waals surface area contributed by atoms with Crippen molar-refractivity contribution in [2.24, 2.45) is 5.41 Å². The Morgan fingerprint density at radius 1 is 1.23 bits per heavy atom. The van der Waals surface area contributed by atoms with E-state index in [1.807, 2.05) is 13.8 Å². The average Bonchev–Trinajstić information content (AvgIpc) is 2.64. The van der Waals surface area contributed by atoms with Crippen LogP contribution in [0.15, 0.2) is 23.0 Å². The highest BCUT2D eigenvalue weighted by molar-refractivity contribution is 4.67. The van der Waals surface area contributed by atoms with Gasteiger partial charge in [0.05, 0.1) is 6.20 Å². The summed E-state index contributed by atoms with van der Waals surface area (Å²) in [7, 11) is 0. The zero-order valence-electron chi connectivity index (χ0n) is 9.79. The minimum Gasteiger partial charge on any atom is -0.365 e. The third-order valence-corrected chi connectivity index (χ3v) is 1.41. The van der Waals surface area contributed by atoms with E-state index in [9.17, 15) is 0 Å². The summed E-state index contributed by atoms with van der Waals surface area (Å²) in [5.41, 5.74) is 0.542. The molecule has 0 saturated carbocycles. The molecule has 0 bridgehead atoms. The van der Waals surface area contributed by atoms with Gasteiger partial charge in [0.25, 0.3) is 0 Å². The summed E-state index contributed by atoms with van der Waals surface area (Å²) in [6, 6.07) is 1.72. The van der Waals surface area contributed by atoms with Gasteiger partial charge < -0.3 is 4.52 Å². The first-order chi connectivity index (χ1) is 6.06. The zero-order chi connectivity index (χ0) is 10.7. The Hall–Kier alpha value is -0.790. The van der Waals surface area contributed by atoms with E-state index in [4.69, 9.17) is 0 Å². The van der Waals surface area contributed by atoms with E-state index >= 15 is 0 Å². The number of nitrogens with zero attached hydrogens (tertiary/aromatic N) is 1. The highest BCUT2D eigenvalue weighted by Gasteiger charge is 2.03. The second-order valence-corrected chi connectivity index (χ2v) is 3.60. The van der Waals surface area contributed by atoms with Crippen LogP contribution in [0.25, 0.3) is 0 Å². The smallest absolute Gasteiger partial charge is 0.123 e. The first kappa shape index (κ1) is 14.7. The number of aromatic nitrogens is 1. The van der Waals surface area contributed by atoms with Crippen LogP contribution in [0, 0.1) is 5.41 Å². The van der Waals surface area contributed by atoms with Crippen LogP contribution in [0.3, 0.4) is 0 Å². The first-order valence-electron chi connectivity index (χ1n) is 4.90. The maximum Gasteiger partial charge on any atom is 0.123 e. The van der Waals surface area contributed by atoms with Crippen LogP contribution >= 0.6 is 0 Å². The zero-order valence-corrected chi connectivity index (χ0v) is 9.79. The fourth-order valence-electron chi connectivity index (χ4n) is 0.176. The molecule has 1 rings (SSSR count). The Bertz CT molecular complexity index is 134. The van der Waals surface area contributed by atoms with Crippen molar-refractivity contribution in [1.82, 2.24) is 5.16 Å². The molecule has 0 radical (unpaired) electrons. The molecule has 0 saturated heterocycles. The summed E-state index contributed by atoms with van der Waals surface area (Å²) in [6.07, 6.45) is 4.37. The van der Waals surface area contributed by atoms with Crippen molar-refractivity contribution in [1.29, 1.82) is 0 Å². The lowest BCUT2D eigenvalue weighted by Gasteiger charge is -2.12. The maximum atomic E-state index is 4.33. The summed E-state index contributed by atoms with van der Waals surface area (Å²) in [5, 5.41) is 3.35. The Kier molecular flexibility index (Phi) is 10.5. The lowest BCUT2D eigenvalue weighted by atomic mass is 9.94. The van der Waals surface area contributed by atoms with Crippen LogP contribution in [-0.4, -0.2) is 5.16 Å². The maximum absolute atomic E-state index is 4.33. The Balaban J connectivity index is 0. The minimum absolute atomic E-state index is 0.542. The van der Waals surface area contributed by atoms with Gasteiger partial charge in [0, 0.05) is 0 Å². The number of rotatable bonds is 0. The molecule has 0 atom stereocenters. The topological polar surface area (TPSA) is 26.0 Å². The Morgan fingerprint density at radius 3 is 1.77 bits per heavy atom. The Morgan fingerprint density at radius 2 is 1.69 bits per heavy atom. The third-order valence-electron chi connectivity index (χ3n) is 1.41. The molecule has 2 nitrogen and oxygen atoms in total. The van der Waals surface area contributed by atoms with Gasteiger partial charge in [-0.2, -0.15) is 0 Å². The van der Waals surface area contributed by atoms with Crippen molar-refractivity contribution in [2.45, 2.75) is 48.0 Å². The molecular weight excluding hydrogens is 162 g/mol. The van der Waals surface area contributed by atoms with Crippen molar-refractivity contribution >= 4 is 0 Å². The van der Waals surface area contributed by atoms with Crippen molar-refractivity contribution in [3.05, 3.63) is 18.5 Å². The van der Waals surface area contributed by atoms with Gasteiger partial charge in [-0.3, -0.25) is 0 Å². The molecule has 1 heterocycles. The second kappa shape index (κ2) is 9.30. The molecule has 13 heavy (non-hydrogen) atoms. The van der Waals surface area contributed by atoms with E-state index < -0.39 is 0 Å². The summed E-state index contributed by atoms with van der Waals surface area (Å²) >= 11 is 0. The summed E-state index contributed by atoms with van der Waals surface area (Å²) < 4.78 is 4.33. The average molecular weight is 185 g/mol. The SMILES string of the molecule is CC.CCC(C)(C)C.c1cnoc1. The van der Waals surface area contributed by atoms with E-state index in [1.165, 1.54) is 12.7 Å². The second-order valence-electron chi connectivity index (χ2n) is 3.60. The van der Waals surface area contributed by atoms with Gasteiger partial charge in [0.15, 0.2) is 0 Å². The van der Waals surface area contributed by atoms with Crippen molar-refractivity contribution < 1.29 is 4.52 Å². The number of hydrogen-bond acceptors (Lipinski definition) is 2. The quantitative estimate of drug-likeness (QED) is 0.607. The molecule has 0 amide bonds. The van der Waals surface area contributed by atoms with Gasteiger partial charge in [-0.25, -0.2) is 0 Å². The fourth-order valence-corrected chi connectivity index (χ4v) is 0.176. The van der Waals surface area contributed by atoms with Gasteiger partial charge in [0.1, 0.15) is 6.26 Å². The minimum atomic E-state index is 0.542. The van der Waals surface area contributed by atoms with Crippen LogP contribution in [0.1, 0.15) is 48.0 Å². The molecular formula is C11H23NO. The predicted molar refractivity (Wildman–Crippen MR) is 57.6 cm³/mol. The summed E-state index contributed by atoms with van der Waals surface area (Å²) in [4.78, 5) is 0. The van der Waals surface area contributed by atoms with Gasteiger partial charge in [0.2, 0.25) is 0 Å². The van der Waals surface area contributed by atoms with E-state index in [0.717, 1.165) is 0 Å². The molecule has 0 spiro atoms. The predicted octanol–water partition coefficient (Wildman–Crippen LogP) is 4.14. The van der Waals surface area contributed by atoms with Crippen molar-refractivity contribution in [2.75, 3.05) is 0 Å². The molecule has 1 aromatic rings. The molecule has 2 heteroatoms. The van der Waals surface area contributed by atoms with Crippen LogP contribution < -0.4 is 0 Å². The summed E-state index contributed by atoms with van der Waals surface area (Å²) in [6.45, 7) is 12.9. The normalized spacial score (nSPS) is 9.08. The third kappa shape index (κ3) is 18.3. The molecule has 0 aliphatic rings. The van der Waals surface area contributed by atoms with Gasteiger partial charge >= 0.3 is 0 Å². The van der Waals surface area contributed by atoms with Crippen LogP contribution in [0.5, 0.6) is 0 Å². The standard InChI is InChI=1S/C6H14.C3H3NO.C2H6/c1-5-6(2,3)4;1-2-4-5-3-1;1-2/h5H2,1-4H3;1-3H;1-2H3. The molecule has 0 aliphatic heterocycles.